The van der Waals surface area contributed by atoms with Crippen LogP contribution in [0.1, 0.15) is 22.9 Å². The lowest BCUT2D eigenvalue weighted by molar-refractivity contribution is -0.126. The zero-order chi connectivity index (χ0) is 18.5. The van der Waals surface area contributed by atoms with Gasteiger partial charge in [-0.2, -0.15) is 0 Å². The van der Waals surface area contributed by atoms with Crippen molar-refractivity contribution in [1.82, 2.24) is 15.2 Å². The number of morpholine rings is 1. The van der Waals surface area contributed by atoms with E-state index in [0.717, 1.165) is 48.3 Å². The Labute approximate surface area is 158 Å². The molecule has 140 valence electrons. The normalized spacial score (nSPS) is 15.9. The van der Waals surface area contributed by atoms with Gasteiger partial charge in [-0.05, 0) is 26.6 Å². The van der Waals surface area contributed by atoms with Crippen molar-refractivity contribution in [3.05, 3.63) is 46.5 Å². The molecule has 1 aromatic heterocycles. The number of aryl methyl sites for hydroxylation is 1. The van der Waals surface area contributed by atoms with Gasteiger partial charge >= 0.3 is 0 Å². The maximum absolute atomic E-state index is 12.8. The van der Waals surface area contributed by atoms with Gasteiger partial charge in [-0.3, -0.25) is 9.69 Å². The quantitative estimate of drug-likeness (QED) is 0.840. The molecular formula is C19H26N4O2S. The van der Waals surface area contributed by atoms with Gasteiger partial charge in [0.05, 0.1) is 25.5 Å². The number of hydrogen-bond donors (Lipinski definition) is 1. The summed E-state index contributed by atoms with van der Waals surface area (Å²) in [6, 6.07) is 7.77. The molecule has 6 nitrogen and oxygen atoms in total. The number of carbonyl (C=O) groups is 1. The number of benzene rings is 1. The summed E-state index contributed by atoms with van der Waals surface area (Å²) in [5.74, 6) is -0.0125. The van der Waals surface area contributed by atoms with E-state index < -0.39 is 0 Å². The molecule has 1 amide bonds. The Morgan fingerprint density at radius 2 is 2.15 bits per heavy atom. The number of hydrogen-bond acceptors (Lipinski definition) is 6. The van der Waals surface area contributed by atoms with Crippen molar-refractivity contribution in [2.45, 2.75) is 19.5 Å². The maximum atomic E-state index is 12.8. The molecule has 0 saturated carbocycles. The second-order valence-electron chi connectivity index (χ2n) is 6.72. The first-order chi connectivity index (χ1) is 12.5. The number of aromatic nitrogens is 1. The Kier molecular flexibility index (Phi) is 6.24. The number of anilines is 1. The molecule has 0 spiro atoms. The fourth-order valence-corrected chi connectivity index (χ4v) is 3.96. The van der Waals surface area contributed by atoms with Crippen molar-refractivity contribution in [3.8, 4) is 0 Å². The standard InChI is InChI=1S/C19H26N4O2S/c1-14-5-4-6-15(11-14)17(22(2)3)18(24)20-12-16-13-26-19(21-16)23-7-9-25-10-8-23/h4-6,11,13,17H,7-10,12H2,1-3H3,(H,20,24). The maximum Gasteiger partial charge on any atom is 0.242 e. The Bertz CT molecular complexity index is 741. The number of nitrogens with zero attached hydrogens (tertiary/aromatic N) is 3. The summed E-state index contributed by atoms with van der Waals surface area (Å²) in [6.07, 6.45) is 0. The molecule has 1 fully saturated rings. The van der Waals surface area contributed by atoms with Crippen LogP contribution in [0.2, 0.25) is 0 Å². The minimum absolute atomic E-state index is 0.0125. The van der Waals surface area contributed by atoms with Crippen LogP contribution in [0.5, 0.6) is 0 Å². The number of rotatable bonds is 6. The highest BCUT2D eigenvalue weighted by Crippen LogP contribution is 2.22. The lowest BCUT2D eigenvalue weighted by Crippen LogP contribution is -2.37. The monoisotopic (exact) mass is 374 g/mol. The lowest BCUT2D eigenvalue weighted by Gasteiger charge is -2.26. The van der Waals surface area contributed by atoms with Crippen molar-refractivity contribution < 1.29 is 9.53 Å². The third kappa shape index (κ3) is 4.60. The highest BCUT2D eigenvalue weighted by molar-refractivity contribution is 7.13. The Morgan fingerprint density at radius 1 is 1.38 bits per heavy atom. The first-order valence-corrected chi connectivity index (χ1v) is 9.70. The number of thiazole rings is 1. The van der Waals surface area contributed by atoms with E-state index in [4.69, 9.17) is 4.74 Å². The van der Waals surface area contributed by atoms with Crippen molar-refractivity contribution in [2.24, 2.45) is 0 Å². The number of carbonyl (C=O) groups excluding carboxylic acids is 1. The van der Waals surface area contributed by atoms with Crippen LogP contribution in [0.3, 0.4) is 0 Å². The molecule has 1 aromatic carbocycles. The number of amides is 1. The molecule has 1 unspecified atom stereocenters. The highest BCUT2D eigenvalue weighted by atomic mass is 32.1. The number of nitrogens with one attached hydrogen (secondary N) is 1. The molecule has 1 N–H and O–H groups in total. The summed E-state index contributed by atoms with van der Waals surface area (Å²) >= 11 is 1.62. The first kappa shape index (κ1) is 18.8. The van der Waals surface area contributed by atoms with E-state index in [1.165, 1.54) is 0 Å². The lowest BCUT2D eigenvalue weighted by atomic mass is 10.0. The summed E-state index contributed by atoms with van der Waals surface area (Å²) in [7, 11) is 3.85. The largest absolute Gasteiger partial charge is 0.378 e. The second-order valence-corrected chi connectivity index (χ2v) is 7.56. The number of likely N-dealkylation sites (N-methyl/N-ethyl adjacent to an activating group) is 1. The van der Waals surface area contributed by atoms with Gasteiger partial charge in [0, 0.05) is 18.5 Å². The van der Waals surface area contributed by atoms with Crippen LogP contribution in [0.15, 0.2) is 29.6 Å². The predicted molar refractivity (Wildman–Crippen MR) is 105 cm³/mol. The van der Waals surface area contributed by atoms with Gasteiger partial charge in [0.25, 0.3) is 0 Å². The molecule has 2 aromatic rings. The van der Waals surface area contributed by atoms with E-state index >= 15 is 0 Å². The summed E-state index contributed by atoms with van der Waals surface area (Å²) in [5, 5.41) is 6.05. The van der Waals surface area contributed by atoms with Crippen LogP contribution >= 0.6 is 11.3 Å². The summed E-state index contributed by atoms with van der Waals surface area (Å²) in [4.78, 5) is 21.6. The molecule has 26 heavy (non-hydrogen) atoms. The molecule has 1 aliphatic rings. The molecule has 3 rings (SSSR count). The molecule has 7 heteroatoms. The molecule has 0 radical (unpaired) electrons. The van der Waals surface area contributed by atoms with Gasteiger partial charge < -0.3 is 15.0 Å². The third-order valence-electron chi connectivity index (χ3n) is 4.39. The fraction of sp³-hybridized carbons (Fsp3) is 0.474. The SMILES string of the molecule is Cc1cccc(C(C(=O)NCc2csc(N3CCOCC3)n2)N(C)C)c1. The minimum atomic E-state index is -0.313. The zero-order valence-electron chi connectivity index (χ0n) is 15.6. The van der Waals surface area contributed by atoms with E-state index in [1.807, 2.05) is 49.5 Å². The van der Waals surface area contributed by atoms with E-state index in [-0.39, 0.29) is 11.9 Å². The first-order valence-electron chi connectivity index (χ1n) is 8.82. The van der Waals surface area contributed by atoms with Crippen LogP contribution in [0, 0.1) is 6.92 Å². The van der Waals surface area contributed by atoms with E-state index in [0.29, 0.717) is 6.54 Å². The van der Waals surface area contributed by atoms with E-state index in [9.17, 15) is 4.79 Å². The third-order valence-corrected chi connectivity index (χ3v) is 5.34. The van der Waals surface area contributed by atoms with Gasteiger partial charge in [-0.25, -0.2) is 4.98 Å². The highest BCUT2D eigenvalue weighted by Gasteiger charge is 2.23. The summed E-state index contributed by atoms with van der Waals surface area (Å²) < 4.78 is 5.38. The minimum Gasteiger partial charge on any atom is -0.378 e. The van der Waals surface area contributed by atoms with Gasteiger partial charge in [-0.1, -0.05) is 29.8 Å². The smallest absolute Gasteiger partial charge is 0.242 e. The van der Waals surface area contributed by atoms with Crippen molar-refractivity contribution in [2.75, 3.05) is 45.3 Å². The van der Waals surface area contributed by atoms with Crippen LogP contribution < -0.4 is 10.2 Å². The molecule has 0 aliphatic carbocycles. The summed E-state index contributed by atoms with van der Waals surface area (Å²) in [5.41, 5.74) is 3.04. The number of ether oxygens (including phenoxy) is 1. The fourth-order valence-electron chi connectivity index (χ4n) is 3.08. The molecule has 1 atom stereocenters. The van der Waals surface area contributed by atoms with Gasteiger partial charge in [0.2, 0.25) is 5.91 Å². The van der Waals surface area contributed by atoms with Gasteiger partial charge in [-0.15, -0.1) is 11.3 Å². The topological polar surface area (TPSA) is 57.7 Å². The van der Waals surface area contributed by atoms with Crippen molar-refractivity contribution in [1.29, 1.82) is 0 Å². The zero-order valence-corrected chi connectivity index (χ0v) is 16.4. The van der Waals surface area contributed by atoms with Crippen LogP contribution in [-0.2, 0) is 16.1 Å². The molecule has 0 bridgehead atoms. The van der Waals surface area contributed by atoms with Crippen molar-refractivity contribution in [3.63, 3.8) is 0 Å². The molecule has 1 saturated heterocycles. The predicted octanol–water partition coefficient (Wildman–Crippen LogP) is 2.21. The molecular weight excluding hydrogens is 348 g/mol. The van der Waals surface area contributed by atoms with Crippen LogP contribution in [0.25, 0.3) is 0 Å². The van der Waals surface area contributed by atoms with E-state index in [1.54, 1.807) is 11.3 Å². The summed E-state index contributed by atoms with van der Waals surface area (Å²) in [6.45, 7) is 5.70. The Balaban J connectivity index is 1.62. The van der Waals surface area contributed by atoms with Crippen LogP contribution in [0.4, 0.5) is 5.13 Å². The Hall–Kier alpha value is -1.96. The molecule has 2 heterocycles. The average molecular weight is 375 g/mol. The van der Waals surface area contributed by atoms with Gasteiger partial charge in [0.1, 0.15) is 6.04 Å². The van der Waals surface area contributed by atoms with Crippen LogP contribution in [-0.4, -0.2) is 56.2 Å². The van der Waals surface area contributed by atoms with Gasteiger partial charge in [0.15, 0.2) is 5.13 Å². The molecule has 1 aliphatic heterocycles. The Morgan fingerprint density at radius 3 is 2.85 bits per heavy atom. The second kappa shape index (κ2) is 8.62. The average Bonchev–Trinajstić information content (AvgIpc) is 3.10. The van der Waals surface area contributed by atoms with Crippen molar-refractivity contribution >= 4 is 22.4 Å². The van der Waals surface area contributed by atoms with E-state index in [2.05, 4.69) is 21.3 Å².